The van der Waals surface area contributed by atoms with Gasteiger partial charge in [-0.25, -0.2) is 0 Å². The molecule has 1 rings (SSSR count). The molecule has 0 aromatic heterocycles. The number of ether oxygens (including phenoxy) is 16. The van der Waals surface area contributed by atoms with Crippen LogP contribution in [0.25, 0.3) is 0 Å². The lowest BCUT2D eigenvalue weighted by Crippen LogP contribution is -2.53. The zero-order valence-electron chi connectivity index (χ0n) is 88.9. The predicted octanol–water partition coefficient (Wildman–Crippen LogP) is -5.25. The maximum atomic E-state index is 13.2. The van der Waals surface area contributed by atoms with E-state index in [4.69, 9.17) is 75.8 Å². The van der Waals surface area contributed by atoms with Gasteiger partial charge in [-0.1, -0.05) is 48.5 Å². The molecule has 1 saturated heterocycles. The molecule has 1 heterocycles. The number of hydrogen-bond acceptors (Lipinski definition) is 41. The zero-order chi connectivity index (χ0) is 112. The van der Waals surface area contributed by atoms with Crippen LogP contribution < -0.4 is 95.7 Å². The molecule has 0 bridgehead atoms. The van der Waals surface area contributed by atoms with Gasteiger partial charge in [0, 0.05) is 154 Å². The predicted molar refractivity (Wildman–Crippen MR) is 562 cm³/mol. The van der Waals surface area contributed by atoms with Gasteiger partial charge in [-0.05, 0) is 48.0 Å². The van der Waals surface area contributed by atoms with Gasteiger partial charge >= 0.3 is 12.3 Å². The molecular formula is C93H168N18O34S5. The maximum Gasteiger partial charge on any atom is 0.413 e. The van der Waals surface area contributed by atoms with Gasteiger partial charge in [-0.2, -0.15) is 63.1 Å². The first kappa shape index (κ1) is 140. The summed E-state index contributed by atoms with van der Waals surface area (Å²) in [6, 6.07) is -5.33. The minimum atomic E-state index is -2.37. The Bertz CT molecular complexity index is 3760. The first-order chi connectivity index (χ1) is 71.1. The largest absolute Gasteiger partial charge is 0.413 e. The number of amides is 16. The molecule has 1 aliphatic rings. The van der Waals surface area contributed by atoms with E-state index in [0.29, 0.717) is 6.42 Å². The molecule has 1 fully saturated rings. The smallest absolute Gasteiger partial charge is 0.377 e. The van der Waals surface area contributed by atoms with Crippen LogP contribution in [0, 0.1) is 10.8 Å². The van der Waals surface area contributed by atoms with Crippen molar-refractivity contribution in [3.8, 4) is 0 Å². The fourth-order valence-electron chi connectivity index (χ4n) is 12.4. The molecule has 52 nitrogen and oxygen atoms in total. The van der Waals surface area contributed by atoms with E-state index in [1.807, 2.05) is 41.5 Å². The summed E-state index contributed by atoms with van der Waals surface area (Å²) in [6.45, 7) is 17.4. The molecular weight excluding hydrogens is 2070 g/mol. The molecule has 0 aromatic rings. The Morgan fingerprint density at radius 2 is 0.613 bits per heavy atom. The number of hydrogen-bond donors (Lipinski definition) is 23. The van der Waals surface area contributed by atoms with Crippen LogP contribution in [0.5, 0.6) is 0 Å². The Labute approximate surface area is 906 Å². The van der Waals surface area contributed by atoms with Crippen molar-refractivity contribution in [1.82, 2.24) is 95.7 Å². The van der Waals surface area contributed by atoms with Crippen LogP contribution in [0.15, 0.2) is 0 Å². The van der Waals surface area contributed by atoms with E-state index in [2.05, 4.69) is 159 Å². The molecule has 6 unspecified atom stereocenters. The topological polar surface area (TPSA) is 671 Å². The minimum Gasteiger partial charge on any atom is -0.377 e. The number of thiol groups is 5. The van der Waals surface area contributed by atoms with Crippen molar-refractivity contribution >= 4 is 169 Å². The summed E-state index contributed by atoms with van der Waals surface area (Å²) in [6.07, 6.45) is -6.47. The molecule has 0 spiro atoms. The number of nitrogens with one attached hydrogen (secondary N) is 18. The highest BCUT2D eigenvalue weighted by Gasteiger charge is 2.40. The van der Waals surface area contributed by atoms with Gasteiger partial charge in [-0.15, -0.1) is 0 Å². The molecule has 0 aliphatic carbocycles. The standard InChI is InChI=1S/C93H168N18O34S5/c1-14-64(82(124)88(2,3)4)106-74(116)19-15-70(112)94-23-31-130-39-47-138-92(139-48-40-131-32-24-95-71(113)16-20-75(117)107-65(59-146)83(125)89(5,6)7)140-49-41-132-33-25-96-72(114)17-21-76(118)108-66(60-147)84(126)102-55-78(120)98-27-35-134-43-51-142-93(144-53-45-136-37-29-100-80(122)57-104-86(128)68(62-149)110-90(8,9)10,145-54-46-137-38-30-101-81(123)58-105-87(129)69(63-150)111-91(11,12)13)143-52-44-135-36-28-99-79(121)56-103-85(127)67(61-148)109-77(119)22-18-73(115)97-26-34-133-42-50-141-92/h64-69,110-111,146-150H,14-63H2,1-13H3,(H,94,112)(H,95,113)(H,96,114)(H,97,115)(H,98,120)(H,99,121)(H,100,122)(H,101,123)(H,102,126)(H,103,127)(H,104,128)(H,105,129)(H,106,116)(H,107,117)(H,108,118)(H,109,119). The average molecular weight is 2240 g/mol. The highest BCUT2D eigenvalue weighted by atomic mass is 32.1. The van der Waals surface area contributed by atoms with Crippen LogP contribution in [-0.2, 0) is 162 Å². The Hall–Kier alpha value is -8.11. The molecule has 18 N–H and O–H groups in total. The van der Waals surface area contributed by atoms with E-state index < -0.39 is 178 Å². The first-order valence-corrected chi connectivity index (χ1v) is 53.1. The molecule has 0 radical (unpaired) electrons. The summed E-state index contributed by atoms with van der Waals surface area (Å²) >= 11 is 21.1. The normalized spacial score (nSPS) is 19.6. The highest BCUT2D eigenvalue weighted by molar-refractivity contribution is 7.81. The number of rotatable bonds is 52. The zero-order valence-corrected chi connectivity index (χ0v) is 93.4. The van der Waals surface area contributed by atoms with Crippen molar-refractivity contribution in [2.45, 2.75) is 207 Å². The van der Waals surface area contributed by atoms with Gasteiger partial charge in [0.2, 0.25) is 94.5 Å². The molecule has 1 aliphatic heterocycles. The van der Waals surface area contributed by atoms with Crippen molar-refractivity contribution in [2.75, 3.05) is 266 Å². The molecule has 16 amide bonds. The van der Waals surface area contributed by atoms with E-state index in [1.54, 1.807) is 48.5 Å². The maximum absolute atomic E-state index is 13.2. The van der Waals surface area contributed by atoms with Gasteiger partial charge in [0.1, 0.15) is 12.1 Å². The highest BCUT2D eigenvalue weighted by Crippen LogP contribution is 2.23. The molecule has 0 aromatic carbocycles. The Morgan fingerprint density at radius 3 is 0.900 bits per heavy atom. The van der Waals surface area contributed by atoms with Crippen molar-refractivity contribution in [2.24, 2.45) is 10.8 Å². The van der Waals surface area contributed by atoms with Crippen LogP contribution in [-0.4, -0.2) is 432 Å². The minimum absolute atomic E-state index is 0.0110. The first-order valence-electron chi connectivity index (χ1n) is 49.9. The third-order valence-corrected chi connectivity index (χ3v) is 21.7. The van der Waals surface area contributed by atoms with Crippen LogP contribution in [0.3, 0.4) is 0 Å². The fourth-order valence-corrected chi connectivity index (χ4v) is 13.7. The Kier molecular flexibility index (Phi) is 76.0. The molecule has 6 atom stereocenters. The molecule has 150 heavy (non-hydrogen) atoms. The van der Waals surface area contributed by atoms with E-state index in [-0.39, 0.29) is 316 Å². The van der Waals surface area contributed by atoms with Crippen LogP contribution in [0.1, 0.15) is 148 Å². The lowest BCUT2D eigenvalue weighted by atomic mass is 9.85. The number of carbonyl (C=O) groups excluding carboxylic acids is 18. The summed E-state index contributed by atoms with van der Waals surface area (Å²) in [4.78, 5) is 232. The van der Waals surface area contributed by atoms with E-state index in [9.17, 15) is 86.3 Å². The second-order valence-corrected chi connectivity index (χ2v) is 39.1. The van der Waals surface area contributed by atoms with E-state index in [0.717, 1.165) is 0 Å². The second-order valence-electron chi connectivity index (χ2n) is 37.3. The average Bonchev–Trinajstić information content (AvgIpc) is 0.873. The van der Waals surface area contributed by atoms with Crippen LogP contribution >= 0.6 is 63.1 Å². The van der Waals surface area contributed by atoms with Gasteiger partial charge in [0.25, 0.3) is 0 Å². The molecule has 864 valence electrons. The van der Waals surface area contributed by atoms with Crippen molar-refractivity contribution < 1.29 is 162 Å². The van der Waals surface area contributed by atoms with Gasteiger partial charge < -0.3 is 171 Å². The third kappa shape index (κ3) is 71.8. The van der Waals surface area contributed by atoms with Gasteiger partial charge in [0.15, 0.2) is 11.6 Å². The van der Waals surface area contributed by atoms with E-state index >= 15 is 0 Å². The lowest BCUT2D eigenvalue weighted by Gasteiger charge is -2.32. The molecule has 57 heteroatoms. The van der Waals surface area contributed by atoms with Crippen molar-refractivity contribution in [3.05, 3.63) is 0 Å². The number of ketones is 2. The third-order valence-electron chi connectivity index (χ3n) is 19.9. The summed E-state index contributed by atoms with van der Waals surface area (Å²) in [7, 11) is 0. The summed E-state index contributed by atoms with van der Waals surface area (Å²) in [5.41, 5.74) is -2.24. The number of carbonyl (C=O) groups is 18. The van der Waals surface area contributed by atoms with E-state index in [1.165, 1.54) is 0 Å². The van der Waals surface area contributed by atoms with Crippen LogP contribution in [0.2, 0.25) is 0 Å². The summed E-state index contributed by atoms with van der Waals surface area (Å²) < 4.78 is 94.6. The quantitative estimate of drug-likeness (QED) is 0.0154. The van der Waals surface area contributed by atoms with Crippen molar-refractivity contribution in [1.29, 1.82) is 0 Å². The van der Waals surface area contributed by atoms with Crippen molar-refractivity contribution in [3.63, 3.8) is 0 Å². The monoisotopic (exact) mass is 2240 g/mol. The van der Waals surface area contributed by atoms with Crippen LogP contribution in [0.4, 0.5) is 0 Å². The second kappa shape index (κ2) is 81.5. The Balaban J connectivity index is 3.45. The van der Waals surface area contributed by atoms with Gasteiger partial charge in [-0.3, -0.25) is 86.3 Å². The fraction of sp³-hybridized carbons (Fsp3) is 0.806. The molecule has 0 saturated carbocycles. The van der Waals surface area contributed by atoms with Gasteiger partial charge in [0.05, 0.1) is 209 Å². The number of Topliss-reactive ketones (excluding diaryl/α,β-unsaturated/α-hetero) is 2. The summed E-state index contributed by atoms with van der Waals surface area (Å²) in [5.74, 6) is -9.38. The lowest BCUT2D eigenvalue weighted by molar-refractivity contribution is -0.502. The SMILES string of the molecule is CCC(NC(=O)CCC(=O)NCCOCCOC1(OCCOCCNC(=O)CCC(=O)NC(CS)C(=O)C(C)(C)C)OCCOCCNC(=O)CCC(=O)NC(CS)C(=O)NCC(=O)NCCOCCOC(OCCOCCNC(=O)CNC(=O)C(CS)NC(C)(C)C)(OCCOCCNC(=O)CNC(=O)C(CS)NC(C)(C)C)OCCOCCNC(=O)CNC(=O)C(CS)NC(=O)CCC(=O)NCCOCCO1)C(=O)C(C)(C)C. The summed E-state index contributed by atoms with van der Waals surface area (Å²) in [5, 5.41) is 47.7. The Morgan fingerprint density at radius 1 is 0.333 bits per heavy atom.